The molecule has 1 unspecified atom stereocenters. The summed E-state index contributed by atoms with van der Waals surface area (Å²) in [6.07, 6.45) is 2.12. The Morgan fingerprint density at radius 1 is 1.05 bits per heavy atom. The van der Waals surface area contributed by atoms with Gasteiger partial charge >= 0.3 is 0 Å². The predicted molar refractivity (Wildman–Crippen MR) is 76.5 cm³/mol. The first-order chi connectivity index (χ1) is 9.13. The van der Waals surface area contributed by atoms with E-state index in [-0.39, 0.29) is 11.9 Å². The summed E-state index contributed by atoms with van der Waals surface area (Å²) in [6, 6.07) is 13.7. The molecule has 0 radical (unpaired) electrons. The van der Waals surface area contributed by atoms with E-state index in [1.54, 1.807) is 12.1 Å². The number of aromatic hydroxyl groups is 1. The highest BCUT2D eigenvalue weighted by atomic mass is 16.5. The molecule has 0 spiro atoms. The lowest BCUT2D eigenvalue weighted by molar-refractivity contribution is 0.264. The lowest BCUT2D eigenvalue weighted by atomic mass is 9.93. The van der Waals surface area contributed by atoms with Gasteiger partial charge in [-0.3, -0.25) is 0 Å². The van der Waals surface area contributed by atoms with Crippen molar-refractivity contribution in [2.75, 3.05) is 0 Å². The molecule has 1 atom stereocenters. The SMILES string of the molecule is Cc1ccc(C2=CC(C)Oc3cc(O)ccc32)cc1. The number of phenols is 1. The monoisotopic (exact) mass is 252 g/mol. The molecule has 0 aliphatic carbocycles. The van der Waals surface area contributed by atoms with Gasteiger partial charge in [0.1, 0.15) is 17.6 Å². The third-order valence-electron chi connectivity index (χ3n) is 3.33. The van der Waals surface area contributed by atoms with Crippen LogP contribution >= 0.6 is 0 Å². The lowest BCUT2D eigenvalue weighted by Gasteiger charge is -2.23. The summed E-state index contributed by atoms with van der Waals surface area (Å²) < 4.78 is 5.75. The molecular weight excluding hydrogens is 236 g/mol. The van der Waals surface area contributed by atoms with E-state index in [0.29, 0.717) is 0 Å². The highest BCUT2D eigenvalue weighted by Gasteiger charge is 2.19. The van der Waals surface area contributed by atoms with E-state index >= 15 is 0 Å². The van der Waals surface area contributed by atoms with Gasteiger partial charge in [0.2, 0.25) is 0 Å². The maximum atomic E-state index is 9.57. The highest BCUT2D eigenvalue weighted by molar-refractivity contribution is 5.84. The Bertz CT molecular complexity index is 639. The molecule has 0 amide bonds. The third kappa shape index (κ3) is 2.22. The molecule has 0 aromatic heterocycles. The zero-order valence-electron chi connectivity index (χ0n) is 11.1. The maximum absolute atomic E-state index is 9.57. The molecule has 1 aliphatic rings. The van der Waals surface area contributed by atoms with Crippen molar-refractivity contribution in [1.29, 1.82) is 0 Å². The van der Waals surface area contributed by atoms with Crippen LogP contribution in [0.1, 0.15) is 23.6 Å². The van der Waals surface area contributed by atoms with Crippen LogP contribution < -0.4 is 4.74 Å². The van der Waals surface area contributed by atoms with Crippen molar-refractivity contribution in [3.05, 3.63) is 65.2 Å². The van der Waals surface area contributed by atoms with E-state index in [9.17, 15) is 5.11 Å². The fourth-order valence-corrected chi connectivity index (χ4v) is 2.37. The summed E-state index contributed by atoms with van der Waals surface area (Å²) in [6.45, 7) is 4.08. The fourth-order valence-electron chi connectivity index (χ4n) is 2.37. The van der Waals surface area contributed by atoms with Crippen LogP contribution in [0.15, 0.2) is 48.5 Å². The minimum atomic E-state index is 0.00519. The summed E-state index contributed by atoms with van der Waals surface area (Å²) in [4.78, 5) is 0. The van der Waals surface area contributed by atoms with Crippen LogP contribution in [-0.2, 0) is 0 Å². The summed E-state index contributed by atoms with van der Waals surface area (Å²) in [5.41, 5.74) is 4.61. The molecule has 0 fully saturated rings. The zero-order chi connectivity index (χ0) is 13.4. The summed E-state index contributed by atoms with van der Waals surface area (Å²) in [5.74, 6) is 0.974. The van der Waals surface area contributed by atoms with Crippen LogP contribution in [0.4, 0.5) is 0 Å². The minimum absolute atomic E-state index is 0.00519. The summed E-state index contributed by atoms with van der Waals surface area (Å²) in [7, 11) is 0. The normalized spacial score (nSPS) is 17.4. The van der Waals surface area contributed by atoms with Gasteiger partial charge in [-0.15, -0.1) is 0 Å². The standard InChI is InChI=1S/C17H16O2/c1-11-3-5-13(6-4-11)16-9-12(2)19-17-10-14(18)7-8-15(16)17/h3-10,12,18H,1-2H3. The average Bonchev–Trinajstić information content (AvgIpc) is 2.38. The second-order valence-electron chi connectivity index (χ2n) is 4.95. The molecule has 2 heteroatoms. The van der Waals surface area contributed by atoms with Crippen LogP contribution in [0.2, 0.25) is 0 Å². The molecule has 96 valence electrons. The van der Waals surface area contributed by atoms with Crippen LogP contribution in [-0.4, -0.2) is 11.2 Å². The van der Waals surface area contributed by atoms with Crippen molar-refractivity contribution in [2.24, 2.45) is 0 Å². The summed E-state index contributed by atoms with van der Waals surface area (Å²) >= 11 is 0. The molecule has 0 saturated carbocycles. The molecule has 2 nitrogen and oxygen atoms in total. The van der Waals surface area contributed by atoms with Gasteiger partial charge in [-0.2, -0.15) is 0 Å². The average molecular weight is 252 g/mol. The van der Waals surface area contributed by atoms with Crippen LogP contribution in [0.5, 0.6) is 11.5 Å². The molecule has 3 rings (SSSR count). The molecule has 2 aromatic rings. The van der Waals surface area contributed by atoms with Crippen molar-refractivity contribution in [2.45, 2.75) is 20.0 Å². The highest BCUT2D eigenvalue weighted by Crippen LogP contribution is 2.37. The lowest BCUT2D eigenvalue weighted by Crippen LogP contribution is -2.15. The second kappa shape index (κ2) is 4.47. The third-order valence-corrected chi connectivity index (χ3v) is 3.33. The van der Waals surface area contributed by atoms with E-state index in [0.717, 1.165) is 16.9 Å². The summed E-state index contributed by atoms with van der Waals surface area (Å²) in [5, 5.41) is 9.57. The minimum Gasteiger partial charge on any atom is -0.508 e. The number of hydrogen-bond donors (Lipinski definition) is 1. The molecule has 1 N–H and O–H groups in total. The predicted octanol–water partition coefficient (Wildman–Crippen LogP) is 3.91. The molecule has 0 saturated heterocycles. The number of fused-ring (bicyclic) bond motifs is 1. The van der Waals surface area contributed by atoms with Crippen molar-refractivity contribution >= 4 is 5.57 Å². The number of benzene rings is 2. The Balaban J connectivity index is 2.13. The number of phenolic OH excluding ortho intramolecular Hbond substituents is 1. The first kappa shape index (κ1) is 11.8. The quantitative estimate of drug-likeness (QED) is 0.833. The van der Waals surface area contributed by atoms with Crippen molar-refractivity contribution in [3.8, 4) is 11.5 Å². The number of aryl methyl sites for hydroxylation is 1. The van der Waals surface area contributed by atoms with Gasteiger partial charge in [-0.25, -0.2) is 0 Å². The molecule has 1 heterocycles. The van der Waals surface area contributed by atoms with Crippen LogP contribution in [0.3, 0.4) is 0 Å². The fraction of sp³-hybridized carbons (Fsp3) is 0.176. The Morgan fingerprint density at radius 2 is 1.79 bits per heavy atom. The molecular formula is C17H16O2. The van der Waals surface area contributed by atoms with Gasteiger partial charge in [0.25, 0.3) is 0 Å². The molecule has 1 aliphatic heterocycles. The number of rotatable bonds is 1. The first-order valence-electron chi connectivity index (χ1n) is 6.42. The largest absolute Gasteiger partial charge is 0.508 e. The Kier molecular flexibility index (Phi) is 2.79. The van der Waals surface area contributed by atoms with Crippen molar-refractivity contribution in [3.63, 3.8) is 0 Å². The van der Waals surface area contributed by atoms with E-state index in [2.05, 4.69) is 37.3 Å². The van der Waals surface area contributed by atoms with E-state index in [4.69, 9.17) is 4.74 Å². The van der Waals surface area contributed by atoms with E-state index in [1.807, 2.05) is 13.0 Å². The molecule has 2 aromatic carbocycles. The van der Waals surface area contributed by atoms with Crippen molar-refractivity contribution in [1.82, 2.24) is 0 Å². The van der Waals surface area contributed by atoms with Gasteiger partial charge in [-0.1, -0.05) is 29.8 Å². The number of ether oxygens (including phenoxy) is 1. The molecule has 19 heavy (non-hydrogen) atoms. The Hall–Kier alpha value is -2.22. The second-order valence-corrected chi connectivity index (χ2v) is 4.95. The Morgan fingerprint density at radius 3 is 2.53 bits per heavy atom. The zero-order valence-corrected chi connectivity index (χ0v) is 11.1. The smallest absolute Gasteiger partial charge is 0.131 e. The topological polar surface area (TPSA) is 29.5 Å². The van der Waals surface area contributed by atoms with Gasteiger partial charge in [-0.05, 0) is 43.2 Å². The molecule has 0 bridgehead atoms. The van der Waals surface area contributed by atoms with E-state index < -0.39 is 0 Å². The first-order valence-corrected chi connectivity index (χ1v) is 6.42. The van der Waals surface area contributed by atoms with Crippen molar-refractivity contribution < 1.29 is 9.84 Å². The van der Waals surface area contributed by atoms with Gasteiger partial charge in [0.05, 0.1) is 0 Å². The Labute approximate surface area is 113 Å². The van der Waals surface area contributed by atoms with Gasteiger partial charge in [0.15, 0.2) is 0 Å². The number of hydrogen-bond acceptors (Lipinski definition) is 2. The maximum Gasteiger partial charge on any atom is 0.131 e. The van der Waals surface area contributed by atoms with Crippen LogP contribution in [0.25, 0.3) is 5.57 Å². The van der Waals surface area contributed by atoms with E-state index in [1.165, 1.54) is 11.1 Å². The van der Waals surface area contributed by atoms with Gasteiger partial charge in [0, 0.05) is 11.6 Å². The van der Waals surface area contributed by atoms with Gasteiger partial charge < -0.3 is 9.84 Å². The van der Waals surface area contributed by atoms with Crippen LogP contribution in [0, 0.1) is 6.92 Å².